The van der Waals surface area contributed by atoms with E-state index >= 15 is 0 Å². The Kier molecular flexibility index (Phi) is 11.6. The average molecular weight is 815 g/mol. The van der Waals surface area contributed by atoms with E-state index in [4.69, 9.17) is 26.6 Å². The van der Waals surface area contributed by atoms with Gasteiger partial charge in [-0.15, -0.1) is 10.2 Å². The molecule has 1 heterocycles. The molecule has 0 amide bonds. The number of aromatic hydroxyl groups is 1. The number of nitrogens with zero attached hydrogens (tertiary/aromatic N) is 5. The number of nitrogens with one attached hydrogen (secondary N) is 2. The first-order valence-electron chi connectivity index (χ1n) is 13.2. The molecule has 0 saturated heterocycles. The Morgan fingerprint density at radius 2 is 1.45 bits per heavy atom. The highest BCUT2D eigenvalue weighted by molar-refractivity contribution is 7.86. The molecule has 0 saturated carbocycles. The van der Waals surface area contributed by atoms with Gasteiger partial charge in [0.25, 0.3) is 30.4 Å². The number of aromatic nitrogens is 3. The molecule has 28 heteroatoms. The van der Waals surface area contributed by atoms with Crippen molar-refractivity contribution in [1.29, 1.82) is 0 Å². The monoisotopic (exact) mass is 814 g/mol. The molecule has 3 aromatic carbocycles. The highest BCUT2D eigenvalue weighted by Gasteiger charge is 2.25. The highest BCUT2D eigenvalue weighted by Crippen LogP contribution is 2.44. The number of nitrogens with two attached hydrogens (primary N) is 1. The summed E-state index contributed by atoms with van der Waals surface area (Å²) in [7, 11) is -19.7. The lowest BCUT2D eigenvalue weighted by Gasteiger charge is -2.12. The lowest BCUT2D eigenvalue weighted by atomic mass is 10.1. The van der Waals surface area contributed by atoms with E-state index in [-0.39, 0.29) is 42.6 Å². The lowest BCUT2D eigenvalue weighted by molar-refractivity contribution is 0.104. The maximum absolute atomic E-state index is 12.3. The third-order valence-corrected chi connectivity index (χ3v) is 9.33. The number of hydrogen-bond donors (Lipinski definition) is 8. The Morgan fingerprint density at radius 3 is 2.08 bits per heavy atom. The van der Waals surface area contributed by atoms with Crippen LogP contribution in [0.3, 0.4) is 0 Å². The normalized spacial score (nSPS) is 12.8. The van der Waals surface area contributed by atoms with Gasteiger partial charge >= 0.3 is 10.4 Å². The molecule has 0 radical (unpaired) electrons. The molecule has 23 nitrogen and oxygen atoms in total. The molecule has 9 N–H and O–H groups in total. The van der Waals surface area contributed by atoms with E-state index in [1.54, 1.807) is 0 Å². The molecule has 0 bridgehead atoms. The van der Waals surface area contributed by atoms with Crippen LogP contribution in [0.2, 0.25) is 5.28 Å². The molecule has 51 heavy (non-hydrogen) atoms. The number of fused-ring (bicyclic) bond motifs is 1. The van der Waals surface area contributed by atoms with E-state index in [2.05, 4.69) is 40.0 Å². The molecule has 0 aliphatic heterocycles. The fourth-order valence-electron chi connectivity index (χ4n) is 4.06. The Morgan fingerprint density at radius 1 is 0.784 bits per heavy atom. The van der Waals surface area contributed by atoms with E-state index in [1.807, 2.05) is 0 Å². The van der Waals surface area contributed by atoms with E-state index in [1.165, 1.54) is 6.07 Å². The van der Waals surface area contributed by atoms with Crippen LogP contribution in [-0.4, -0.2) is 98.3 Å². The maximum atomic E-state index is 12.3. The number of anilines is 4. The van der Waals surface area contributed by atoms with Crippen molar-refractivity contribution in [2.24, 2.45) is 10.2 Å². The summed E-state index contributed by atoms with van der Waals surface area (Å²) in [6.07, 6.45) is 0. The minimum absolute atomic E-state index is 0.00140. The molecular weight excluding hydrogens is 792 g/mol. The second kappa shape index (κ2) is 15.1. The number of nitrogen functional groups attached to an aromatic ring is 1. The third kappa shape index (κ3) is 10.6. The van der Waals surface area contributed by atoms with E-state index in [0.29, 0.717) is 12.1 Å². The largest absolute Gasteiger partial charge is 0.507 e. The number of benzene rings is 3. The van der Waals surface area contributed by atoms with Crippen LogP contribution in [0.15, 0.2) is 61.3 Å². The fraction of sp³-hybridized carbons (Fsp3) is 0.174. The van der Waals surface area contributed by atoms with Gasteiger partial charge in [-0.05, 0) is 47.3 Å². The molecule has 1 aromatic heterocycles. The predicted molar refractivity (Wildman–Crippen MR) is 175 cm³/mol. The Hall–Kier alpha value is -4.42. The minimum Gasteiger partial charge on any atom is -0.507 e. The number of phenols is 1. The Bertz CT molecular complexity index is 2490. The van der Waals surface area contributed by atoms with Crippen molar-refractivity contribution in [3.63, 3.8) is 0 Å². The summed E-state index contributed by atoms with van der Waals surface area (Å²) in [5.74, 6) is -1.20. The molecule has 0 aliphatic carbocycles. The van der Waals surface area contributed by atoms with Gasteiger partial charge in [-0.25, -0.2) is 4.18 Å². The smallest absolute Gasteiger partial charge is 0.397 e. The molecule has 276 valence electrons. The summed E-state index contributed by atoms with van der Waals surface area (Å²) in [6.45, 7) is -0.544. The predicted octanol–water partition coefficient (Wildman–Crippen LogP) is 2.11. The van der Waals surface area contributed by atoms with Crippen molar-refractivity contribution in [1.82, 2.24) is 15.0 Å². The first-order valence-corrected chi connectivity index (χ1v) is 19.3. The SMILES string of the molecule is Nc1c(S(=O)(=O)O)cc2cc(S(=O)(=O)O)cc(O)c2c1N=Nc1ccc(Nc2nc(Cl)nc(NCCOCCOS(=O)(=O)O)n2)cc1S(=O)(=O)O. The van der Waals surface area contributed by atoms with Crippen molar-refractivity contribution in [3.8, 4) is 5.75 Å². The molecule has 0 atom stereocenters. The fourth-order valence-corrected chi connectivity index (χ4v) is 6.34. The van der Waals surface area contributed by atoms with Gasteiger partial charge in [0.2, 0.25) is 17.2 Å². The first-order chi connectivity index (χ1) is 23.5. The number of hydrogen-bond acceptors (Lipinski definition) is 19. The van der Waals surface area contributed by atoms with Crippen LogP contribution in [0.4, 0.5) is 34.6 Å². The quantitative estimate of drug-likeness (QED) is 0.0368. The van der Waals surface area contributed by atoms with E-state index in [0.717, 1.165) is 18.2 Å². The number of halogens is 1. The lowest BCUT2D eigenvalue weighted by Crippen LogP contribution is -2.16. The topological polar surface area (TPSA) is 370 Å². The van der Waals surface area contributed by atoms with Crippen molar-refractivity contribution in [3.05, 3.63) is 41.7 Å². The number of rotatable bonds is 15. The molecule has 4 aromatic rings. The van der Waals surface area contributed by atoms with Crippen molar-refractivity contribution >= 4 is 97.8 Å². The summed E-state index contributed by atoms with van der Waals surface area (Å²) in [4.78, 5) is 9.01. The summed E-state index contributed by atoms with van der Waals surface area (Å²) in [5, 5.41) is 22.3. The molecule has 0 fully saturated rings. The van der Waals surface area contributed by atoms with Gasteiger partial charge in [0.1, 0.15) is 26.9 Å². The van der Waals surface area contributed by atoms with Crippen LogP contribution in [-0.2, 0) is 49.7 Å². The zero-order valence-electron chi connectivity index (χ0n) is 24.9. The molecule has 0 spiro atoms. The summed E-state index contributed by atoms with van der Waals surface area (Å²) in [5.41, 5.74) is 3.78. The van der Waals surface area contributed by atoms with Gasteiger partial charge in [-0.1, -0.05) is 0 Å². The van der Waals surface area contributed by atoms with Gasteiger partial charge in [-0.3, -0.25) is 18.2 Å². The first kappa shape index (κ1) is 39.4. The molecule has 0 aliphatic rings. The Labute approximate surface area is 292 Å². The zero-order chi connectivity index (χ0) is 37.9. The van der Waals surface area contributed by atoms with E-state index < -0.39 is 95.6 Å². The van der Waals surface area contributed by atoms with Gasteiger partial charge in [0.15, 0.2) is 0 Å². The van der Waals surface area contributed by atoms with Gasteiger partial charge in [0.05, 0.1) is 35.8 Å². The highest BCUT2D eigenvalue weighted by atomic mass is 35.5. The van der Waals surface area contributed by atoms with Crippen LogP contribution >= 0.6 is 11.6 Å². The number of azo groups is 1. The summed E-state index contributed by atoms with van der Waals surface area (Å²) >= 11 is 5.95. The van der Waals surface area contributed by atoms with Gasteiger partial charge in [-0.2, -0.15) is 48.6 Å². The standard InChI is InChI=1S/C23H23ClN8O15S4/c24-21-28-22(26-3-4-46-5-6-47-51(43,44)45)30-23(29-21)27-12-1-2-14(16(9-12)49(37,38)39)31-32-20-18-11(8-17(19(20)25)50(40,41)42)7-13(10-15(18)33)48(34,35)36/h1-2,7-10,33H,3-6,25H2,(H,34,35,36)(H,37,38,39)(H,40,41,42)(H,43,44,45)(H2,26,27,28,29,30). The number of ether oxygens (including phenoxy) is 1. The van der Waals surface area contributed by atoms with Crippen LogP contribution in [0.25, 0.3) is 10.8 Å². The molecule has 0 unspecified atom stereocenters. The summed E-state index contributed by atoms with van der Waals surface area (Å²) in [6, 6.07) is 5.09. The third-order valence-electron chi connectivity index (χ3n) is 6.09. The zero-order valence-corrected chi connectivity index (χ0v) is 29.0. The minimum atomic E-state index is -5.11. The van der Waals surface area contributed by atoms with Crippen molar-refractivity contribution in [2.75, 3.05) is 42.7 Å². The second-order valence-corrected chi connectivity index (χ2v) is 15.3. The van der Waals surface area contributed by atoms with Crippen LogP contribution in [0.1, 0.15) is 0 Å². The average Bonchev–Trinajstić information content (AvgIpc) is 2.98. The van der Waals surface area contributed by atoms with Crippen LogP contribution in [0.5, 0.6) is 5.75 Å². The summed E-state index contributed by atoms with van der Waals surface area (Å²) < 4.78 is 140. The van der Waals surface area contributed by atoms with Gasteiger partial charge in [0, 0.05) is 18.3 Å². The van der Waals surface area contributed by atoms with Gasteiger partial charge < -0.3 is 26.2 Å². The second-order valence-electron chi connectivity index (χ2n) is 9.65. The molecule has 4 rings (SSSR count). The Balaban J connectivity index is 1.64. The van der Waals surface area contributed by atoms with E-state index in [9.17, 15) is 52.4 Å². The van der Waals surface area contributed by atoms with Crippen molar-refractivity contribution in [2.45, 2.75) is 14.7 Å². The maximum Gasteiger partial charge on any atom is 0.397 e. The molecular formula is C23H23ClN8O15S4. The van der Waals surface area contributed by atoms with Crippen molar-refractivity contribution < 1.29 is 65.9 Å². The van der Waals surface area contributed by atoms with Crippen LogP contribution < -0.4 is 16.4 Å². The van der Waals surface area contributed by atoms with Crippen LogP contribution in [0, 0.1) is 0 Å². The number of phenolic OH excluding ortho intramolecular Hbond substituents is 1.